The minimum atomic E-state index is 0.617. The SMILES string of the molecule is Cc1nnc(CNCCCc2ccccc2)o1. The van der Waals surface area contributed by atoms with Crippen molar-refractivity contribution in [2.24, 2.45) is 0 Å². The lowest BCUT2D eigenvalue weighted by Crippen LogP contribution is -2.15. The number of benzene rings is 1. The van der Waals surface area contributed by atoms with E-state index in [-0.39, 0.29) is 0 Å². The quantitative estimate of drug-likeness (QED) is 0.773. The average molecular weight is 231 g/mol. The Morgan fingerprint density at radius 3 is 2.71 bits per heavy atom. The molecule has 0 aliphatic heterocycles. The van der Waals surface area contributed by atoms with Gasteiger partial charge < -0.3 is 9.73 Å². The maximum atomic E-state index is 5.26. The van der Waals surface area contributed by atoms with E-state index in [2.05, 4.69) is 39.8 Å². The minimum Gasteiger partial charge on any atom is -0.424 e. The van der Waals surface area contributed by atoms with Crippen LogP contribution in [0.4, 0.5) is 0 Å². The number of nitrogens with zero attached hydrogens (tertiary/aromatic N) is 2. The molecule has 0 atom stereocenters. The largest absolute Gasteiger partial charge is 0.424 e. The molecular formula is C13H17N3O. The van der Waals surface area contributed by atoms with Gasteiger partial charge in [0.05, 0.1) is 6.54 Å². The highest BCUT2D eigenvalue weighted by molar-refractivity contribution is 5.14. The van der Waals surface area contributed by atoms with Crippen molar-refractivity contribution >= 4 is 0 Å². The first kappa shape index (κ1) is 11.8. The molecule has 0 spiro atoms. The molecule has 0 fully saturated rings. The summed E-state index contributed by atoms with van der Waals surface area (Å²) in [6, 6.07) is 10.5. The summed E-state index contributed by atoms with van der Waals surface area (Å²) in [6.45, 7) is 3.40. The number of hydrogen-bond donors (Lipinski definition) is 1. The Kier molecular flexibility index (Phi) is 4.27. The zero-order valence-electron chi connectivity index (χ0n) is 10.0. The van der Waals surface area contributed by atoms with Gasteiger partial charge in [-0.15, -0.1) is 10.2 Å². The normalized spacial score (nSPS) is 10.6. The number of rotatable bonds is 6. The first-order valence-corrected chi connectivity index (χ1v) is 5.88. The van der Waals surface area contributed by atoms with Gasteiger partial charge >= 0.3 is 0 Å². The molecule has 2 rings (SSSR count). The molecule has 0 saturated heterocycles. The van der Waals surface area contributed by atoms with E-state index < -0.39 is 0 Å². The van der Waals surface area contributed by atoms with E-state index >= 15 is 0 Å². The van der Waals surface area contributed by atoms with E-state index in [1.807, 2.05) is 6.07 Å². The third kappa shape index (κ3) is 4.00. The van der Waals surface area contributed by atoms with Crippen LogP contribution in [-0.2, 0) is 13.0 Å². The molecule has 1 aromatic carbocycles. The van der Waals surface area contributed by atoms with Gasteiger partial charge in [-0.25, -0.2) is 0 Å². The van der Waals surface area contributed by atoms with E-state index in [1.165, 1.54) is 5.56 Å². The van der Waals surface area contributed by atoms with Gasteiger partial charge in [0.15, 0.2) is 0 Å². The van der Waals surface area contributed by atoms with Crippen molar-refractivity contribution in [1.29, 1.82) is 0 Å². The number of nitrogens with one attached hydrogen (secondary N) is 1. The van der Waals surface area contributed by atoms with Gasteiger partial charge in [0.25, 0.3) is 0 Å². The molecule has 4 nitrogen and oxygen atoms in total. The number of hydrogen-bond acceptors (Lipinski definition) is 4. The second-order valence-corrected chi connectivity index (χ2v) is 3.98. The maximum Gasteiger partial charge on any atom is 0.230 e. The lowest BCUT2D eigenvalue weighted by Gasteiger charge is -2.02. The van der Waals surface area contributed by atoms with Gasteiger partial charge in [0.2, 0.25) is 11.8 Å². The van der Waals surface area contributed by atoms with Gasteiger partial charge in [0.1, 0.15) is 0 Å². The molecule has 0 radical (unpaired) electrons. The van der Waals surface area contributed by atoms with Crippen molar-refractivity contribution in [3.63, 3.8) is 0 Å². The van der Waals surface area contributed by atoms with Crippen molar-refractivity contribution < 1.29 is 4.42 Å². The molecule has 90 valence electrons. The molecule has 0 bridgehead atoms. The first-order chi connectivity index (χ1) is 8.34. The van der Waals surface area contributed by atoms with Gasteiger partial charge in [-0.3, -0.25) is 0 Å². The van der Waals surface area contributed by atoms with Crippen LogP contribution in [0.2, 0.25) is 0 Å². The molecule has 17 heavy (non-hydrogen) atoms. The van der Waals surface area contributed by atoms with E-state index in [1.54, 1.807) is 6.92 Å². The van der Waals surface area contributed by atoms with Gasteiger partial charge in [0, 0.05) is 6.92 Å². The molecule has 1 aromatic heterocycles. The Labute approximate surface area is 101 Å². The Bertz CT molecular complexity index is 439. The van der Waals surface area contributed by atoms with Crippen LogP contribution in [0.15, 0.2) is 34.7 Å². The summed E-state index contributed by atoms with van der Waals surface area (Å²) in [5.74, 6) is 1.27. The van der Waals surface area contributed by atoms with Crippen molar-refractivity contribution in [3.05, 3.63) is 47.7 Å². The molecule has 1 heterocycles. The standard InChI is InChI=1S/C13H17N3O/c1-11-15-16-13(17-11)10-14-9-5-8-12-6-3-2-4-7-12/h2-4,6-7,14H,5,8-10H2,1H3. The fourth-order valence-corrected chi connectivity index (χ4v) is 1.67. The monoisotopic (exact) mass is 231 g/mol. The fourth-order valence-electron chi connectivity index (χ4n) is 1.67. The van der Waals surface area contributed by atoms with Crippen LogP contribution in [0.3, 0.4) is 0 Å². The zero-order valence-corrected chi connectivity index (χ0v) is 10.0. The number of aryl methyl sites for hydroxylation is 2. The Morgan fingerprint density at radius 1 is 1.18 bits per heavy atom. The van der Waals surface area contributed by atoms with Crippen LogP contribution in [0.1, 0.15) is 23.8 Å². The Morgan fingerprint density at radius 2 is 2.00 bits per heavy atom. The van der Waals surface area contributed by atoms with Crippen LogP contribution < -0.4 is 5.32 Å². The van der Waals surface area contributed by atoms with Gasteiger partial charge in [-0.1, -0.05) is 30.3 Å². The van der Waals surface area contributed by atoms with E-state index in [9.17, 15) is 0 Å². The highest BCUT2D eigenvalue weighted by Crippen LogP contribution is 2.02. The average Bonchev–Trinajstić information content (AvgIpc) is 2.76. The van der Waals surface area contributed by atoms with E-state index in [4.69, 9.17) is 4.42 Å². The third-order valence-corrected chi connectivity index (χ3v) is 2.51. The summed E-state index contributed by atoms with van der Waals surface area (Å²) >= 11 is 0. The lowest BCUT2D eigenvalue weighted by atomic mass is 10.1. The number of aromatic nitrogens is 2. The molecule has 0 aliphatic rings. The smallest absolute Gasteiger partial charge is 0.230 e. The molecule has 4 heteroatoms. The molecule has 1 N–H and O–H groups in total. The van der Waals surface area contributed by atoms with Crippen LogP contribution in [0, 0.1) is 6.92 Å². The van der Waals surface area contributed by atoms with E-state index in [0.717, 1.165) is 19.4 Å². The Balaban J connectivity index is 1.61. The minimum absolute atomic E-state index is 0.617. The highest BCUT2D eigenvalue weighted by atomic mass is 16.4. The van der Waals surface area contributed by atoms with Crippen LogP contribution >= 0.6 is 0 Å². The fraction of sp³-hybridized carbons (Fsp3) is 0.385. The van der Waals surface area contributed by atoms with Crippen LogP contribution in [0.5, 0.6) is 0 Å². The van der Waals surface area contributed by atoms with Crippen molar-refractivity contribution in [1.82, 2.24) is 15.5 Å². The summed E-state index contributed by atoms with van der Waals surface area (Å²) in [5.41, 5.74) is 1.38. The first-order valence-electron chi connectivity index (χ1n) is 5.88. The summed E-state index contributed by atoms with van der Waals surface area (Å²) in [7, 11) is 0. The van der Waals surface area contributed by atoms with Crippen LogP contribution in [-0.4, -0.2) is 16.7 Å². The molecule has 0 amide bonds. The molecule has 0 saturated carbocycles. The Hall–Kier alpha value is -1.68. The third-order valence-electron chi connectivity index (χ3n) is 2.51. The summed E-state index contributed by atoms with van der Waals surface area (Å²) in [5, 5.41) is 11.0. The second-order valence-electron chi connectivity index (χ2n) is 3.98. The molecular weight excluding hydrogens is 214 g/mol. The second kappa shape index (κ2) is 6.15. The van der Waals surface area contributed by atoms with Crippen molar-refractivity contribution in [3.8, 4) is 0 Å². The van der Waals surface area contributed by atoms with Gasteiger partial charge in [-0.2, -0.15) is 0 Å². The van der Waals surface area contributed by atoms with Crippen molar-refractivity contribution in [2.45, 2.75) is 26.3 Å². The lowest BCUT2D eigenvalue weighted by molar-refractivity contribution is 0.446. The summed E-state index contributed by atoms with van der Waals surface area (Å²) < 4.78 is 5.26. The van der Waals surface area contributed by atoms with E-state index in [0.29, 0.717) is 18.3 Å². The molecule has 0 aliphatic carbocycles. The molecule has 2 aromatic rings. The molecule has 0 unspecified atom stereocenters. The van der Waals surface area contributed by atoms with Crippen LogP contribution in [0.25, 0.3) is 0 Å². The van der Waals surface area contributed by atoms with Gasteiger partial charge in [-0.05, 0) is 24.9 Å². The predicted molar refractivity (Wildman–Crippen MR) is 65.5 cm³/mol. The topological polar surface area (TPSA) is 51.0 Å². The zero-order chi connectivity index (χ0) is 11.9. The highest BCUT2D eigenvalue weighted by Gasteiger charge is 2.00. The predicted octanol–water partition coefficient (Wildman–Crippen LogP) is 2.10. The maximum absolute atomic E-state index is 5.26. The van der Waals surface area contributed by atoms with Crippen molar-refractivity contribution in [2.75, 3.05) is 6.54 Å². The summed E-state index contributed by atoms with van der Waals surface area (Å²) in [4.78, 5) is 0. The summed E-state index contributed by atoms with van der Waals surface area (Å²) in [6.07, 6.45) is 2.20.